The van der Waals surface area contributed by atoms with E-state index in [1.54, 1.807) is 0 Å². The Hall–Kier alpha value is -1.62. The lowest BCUT2D eigenvalue weighted by Crippen LogP contribution is -2.31. The molecule has 1 amide bonds. The fraction of sp³-hybridized carbons (Fsp3) is 0.600. The SMILES string of the molecule is CCc1nc(C)ccc1OCC(=O)NCCCN(C)C. The third-order valence-corrected chi connectivity index (χ3v) is 2.87. The van der Waals surface area contributed by atoms with E-state index in [1.807, 2.05) is 40.1 Å². The van der Waals surface area contributed by atoms with Gasteiger partial charge in [-0.05, 0) is 52.5 Å². The molecule has 1 heterocycles. The highest BCUT2D eigenvalue weighted by Crippen LogP contribution is 2.17. The zero-order valence-electron chi connectivity index (χ0n) is 12.9. The van der Waals surface area contributed by atoms with Crippen LogP contribution >= 0.6 is 0 Å². The lowest BCUT2D eigenvalue weighted by atomic mass is 10.2. The van der Waals surface area contributed by atoms with Crippen LogP contribution in [0.3, 0.4) is 0 Å². The molecule has 0 unspecified atom stereocenters. The van der Waals surface area contributed by atoms with Crippen LogP contribution in [0.5, 0.6) is 5.75 Å². The standard InChI is InChI=1S/C15H25N3O2/c1-5-13-14(8-7-12(2)17-13)20-11-15(19)16-9-6-10-18(3)4/h7-8H,5-6,9-11H2,1-4H3,(H,16,19). The minimum atomic E-state index is -0.0913. The second kappa shape index (κ2) is 8.53. The molecule has 0 aliphatic rings. The van der Waals surface area contributed by atoms with Gasteiger partial charge in [-0.15, -0.1) is 0 Å². The minimum absolute atomic E-state index is 0.0414. The maximum atomic E-state index is 11.7. The maximum Gasteiger partial charge on any atom is 0.257 e. The molecule has 0 atom stereocenters. The number of rotatable bonds is 8. The van der Waals surface area contributed by atoms with Crippen molar-refractivity contribution < 1.29 is 9.53 Å². The first-order valence-electron chi connectivity index (χ1n) is 7.03. The summed E-state index contributed by atoms with van der Waals surface area (Å²) in [5, 5.41) is 2.85. The van der Waals surface area contributed by atoms with Crippen LogP contribution in [-0.4, -0.2) is 49.6 Å². The van der Waals surface area contributed by atoms with Gasteiger partial charge in [-0.25, -0.2) is 0 Å². The van der Waals surface area contributed by atoms with Gasteiger partial charge in [0.15, 0.2) is 6.61 Å². The van der Waals surface area contributed by atoms with E-state index in [9.17, 15) is 4.79 Å². The maximum absolute atomic E-state index is 11.7. The fourth-order valence-electron chi connectivity index (χ4n) is 1.80. The van der Waals surface area contributed by atoms with Gasteiger partial charge in [0.2, 0.25) is 0 Å². The molecule has 1 rings (SSSR count). The van der Waals surface area contributed by atoms with E-state index in [0.29, 0.717) is 12.3 Å². The smallest absolute Gasteiger partial charge is 0.257 e. The Morgan fingerprint density at radius 1 is 1.40 bits per heavy atom. The number of hydrogen-bond donors (Lipinski definition) is 1. The van der Waals surface area contributed by atoms with Gasteiger partial charge < -0.3 is 15.0 Å². The molecule has 0 aliphatic heterocycles. The van der Waals surface area contributed by atoms with Gasteiger partial charge in [0, 0.05) is 12.2 Å². The molecule has 5 heteroatoms. The minimum Gasteiger partial charge on any atom is -0.482 e. The Balaban J connectivity index is 2.34. The highest BCUT2D eigenvalue weighted by Gasteiger charge is 2.07. The number of aryl methyl sites for hydroxylation is 2. The summed E-state index contributed by atoms with van der Waals surface area (Å²) in [5.41, 5.74) is 1.85. The average molecular weight is 279 g/mol. The number of amides is 1. The Labute approximate surface area is 121 Å². The number of carbonyl (C=O) groups is 1. The van der Waals surface area contributed by atoms with E-state index in [0.717, 1.165) is 30.8 Å². The Bertz CT molecular complexity index is 433. The van der Waals surface area contributed by atoms with Gasteiger partial charge in [0.05, 0.1) is 5.69 Å². The zero-order chi connectivity index (χ0) is 15.0. The van der Waals surface area contributed by atoms with Crippen LogP contribution in [0.25, 0.3) is 0 Å². The van der Waals surface area contributed by atoms with Crippen molar-refractivity contribution >= 4 is 5.91 Å². The van der Waals surface area contributed by atoms with Gasteiger partial charge in [0.1, 0.15) is 5.75 Å². The van der Waals surface area contributed by atoms with Crippen LogP contribution in [0, 0.1) is 6.92 Å². The van der Waals surface area contributed by atoms with E-state index in [-0.39, 0.29) is 12.5 Å². The molecule has 1 aromatic rings. The van der Waals surface area contributed by atoms with Crippen LogP contribution in [-0.2, 0) is 11.2 Å². The molecule has 1 N–H and O–H groups in total. The topological polar surface area (TPSA) is 54.5 Å². The summed E-state index contributed by atoms with van der Waals surface area (Å²) in [7, 11) is 4.03. The monoisotopic (exact) mass is 279 g/mol. The molecular formula is C15H25N3O2. The van der Waals surface area contributed by atoms with Crippen molar-refractivity contribution in [3.63, 3.8) is 0 Å². The molecule has 0 aromatic carbocycles. The molecule has 0 spiro atoms. The van der Waals surface area contributed by atoms with Crippen molar-refractivity contribution in [3.05, 3.63) is 23.5 Å². The highest BCUT2D eigenvalue weighted by atomic mass is 16.5. The molecule has 20 heavy (non-hydrogen) atoms. The van der Waals surface area contributed by atoms with Crippen molar-refractivity contribution in [2.75, 3.05) is 33.8 Å². The van der Waals surface area contributed by atoms with Gasteiger partial charge in [0.25, 0.3) is 5.91 Å². The summed E-state index contributed by atoms with van der Waals surface area (Å²) in [6, 6.07) is 3.77. The molecule has 0 saturated heterocycles. The number of hydrogen-bond acceptors (Lipinski definition) is 4. The molecule has 0 saturated carbocycles. The molecule has 112 valence electrons. The zero-order valence-corrected chi connectivity index (χ0v) is 12.9. The molecular weight excluding hydrogens is 254 g/mol. The second-order valence-corrected chi connectivity index (χ2v) is 5.05. The van der Waals surface area contributed by atoms with Crippen LogP contribution < -0.4 is 10.1 Å². The lowest BCUT2D eigenvalue weighted by Gasteiger charge is -2.12. The van der Waals surface area contributed by atoms with Gasteiger partial charge >= 0.3 is 0 Å². The quantitative estimate of drug-likeness (QED) is 0.731. The van der Waals surface area contributed by atoms with E-state index in [4.69, 9.17) is 4.74 Å². The first-order valence-corrected chi connectivity index (χ1v) is 7.03. The second-order valence-electron chi connectivity index (χ2n) is 5.05. The number of pyridine rings is 1. The van der Waals surface area contributed by atoms with Crippen molar-refractivity contribution in [2.45, 2.75) is 26.7 Å². The van der Waals surface area contributed by atoms with Crippen molar-refractivity contribution in [1.82, 2.24) is 15.2 Å². The lowest BCUT2D eigenvalue weighted by molar-refractivity contribution is -0.123. The summed E-state index contributed by atoms with van der Waals surface area (Å²) >= 11 is 0. The fourth-order valence-corrected chi connectivity index (χ4v) is 1.80. The Kier molecular flexibility index (Phi) is 7.01. The third-order valence-electron chi connectivity index (χ3n) is 2.87. The molecule has 0 fully saturated rings. The van der Waals surface area contributed by atoms with Crippen LogP contribution in [0.4, 0.5) is 0 Å². The van der Waals surface area contributed by atoms with Gasteiger partial charge in [-0.2, -0.15) is 0 Å². The van der Waals surface area contributed by atoms with E-state index in [2.05, 4.69) is 15.2 Å². The summed E-state index contributed by atoms with van der Waals surface area (Å²) in [4.78, 5) is 18.2. The number of aromatic nitrogens is 1. The highest BCUT2D eigenvalue weighted by molar-refractivity contribution is 5.77. The number of carbonyl (C=O) groups excluding carboxylic acids is 1. The van der Waals surface area contributed by atoms with Crippen molar-refractivity contribution in [3.8, 4) is 5.75 Å². The van der Waals surface area contributed by atoms with E-state index >= 15 is 0 Å². The first kappa shape index (κ1) is 16.4. The van der Waals surface area contributed by atoms with Gasteiger partial charge in [-0.1, -0.05) is 6.92 Å². The van der Waals surface area contributed by atoms with Crippen LogP contribution in [0.2, 0.25) is 0 Å². The van der Waals surface area contributed by atoms with E-state index < -0.39 is 0 Å². The average Bonchev–Trinajstić information content (AvgIpc) is 2.41. The molecule has 0 aliphatic carbocycles. The van der Waals surface area contributed by atoms with Crippen molar-refractivity contribution in [1.29, 1.82) is 0 Å². The van der Waals surface area contributed by atoms with Crippen LogP contribution in [0.1, 0.15) is 24.7 Å². The molecule has 1 aromatic heterocycles. The Morgan fingerprint density at radius 3 is 2.80 bits per heavy atom. The first-order chi connectivity index (χ1) is 9.52. The number of ether oxygens (including phenoxy) is 1. The van der Waals surface area contributed by atoms with Crippen molar-refractivity contribution in [2.24, 2.45) is 0 Å². The molecule has 0 radical (unpaired) electrons. The summed E-state index contributed by atoms with van der Waals surface area (Å²) < 4.78 is 5.54. The summed E-state index contributed by atoms with van der Waals surface area (Å²) in [6.45, 7) is 5.65. The van der Waals surface area contributed by atoms with Crippen LogP contribution in [0.15, 0.2) is 12.1 Å². The third kappa shape index (κ3) is 6.02. The predicted octanol–water partition coefficient (Wildman–Crippen LogP) is 1.40. The Morgan fingerprint density at radius 2 is 2.15 bits per heavy atom. The number of nitrogens with one attached hydrogen (secondary N) is 1. The largest absolute Gasteiger partial charge is 0.482 e. The summed E-state index contributed by atoms with van der Waals surface area (Å²) in [6.07, 6.45) is 1.73. The van der Waals surface area contributed by atoms with Gasteiger partial charge in [-0.3, -0.25) is 9.78 Å². The number of nitrogens with zero attached hydrogens (tertiary/aromatic N) is 2. The molecule has 5 nitrogen and oxygen atoms in total. The predicted molar refractivity (Wildman–Crippen MR) is 80.0 cm³/mol. The summed E-state index contributed by atoms with van der Waals surface area (Å²) in [5.74, 6) is 0.605. The van der Waals surface area contributed by atoms with E-state index in [1.165, 1.54) is 0 Å². The molecule has 0 bridgehead atoms. The normalized spacial score (nSPS) is 10.7.